The van der Waals surface area contributed by atoms with Gasteiger partial charge in [0, 0.05) is 45.5 Å². The lowest BCUT2D eigenvalue weighted by molar-refractivity contribution is -0.137. The van der Waals surface area contributed by atoms with Crippen molar-refractivity contribution in [2.45, 2.75) is 51.4 Å². The average Bonchev–Trinajstić information content (AvgIpc) is 3.67. The zero-order valence-corrected chi connectivity index (χ0v) is 27.6. The van der Waals surface area contributed by atoms with Gasteiger partial charge in [-0.3, -0.25) is 14.4 Å². The van der Waals surface area contributed by atoms with Crippen LogP contribution in [0.15, 0.2) is 34.0 Å². The Labute approximate surface area is 283 Å². The Morgan fingerprint density at radius 3 is 2.39 bits per heavy atom. The van der Waals surface area contributed by atoms with Crippen LogP contribution in [0.4, 0.5) is 36.2 Å². The second-order valence-corrected chi connectivity index (χ2v) is 12.8. The fourth-order valence-corrected chi connectivity index (χ4v) is 6.86. The van der Waals surface area contributed by atoms with Crippen molar-refractivity contribution in [3.63, 3.8) is 0 Å². The summed E-state index contributed by atoms with van der Waals surface area (Å²) in [5, 5.41) is 10.0. The number of fused-ring (bicyclic) bond motifs is 1. The molecule has 1 saturated carbocycles. The maximum atomic E-state index is 14.2. The topological polar surface area (TPSA) is 138 Å². The third-order valence-electron chi connectivity index (χ3n) is 9.47. The van der Waals surface area contributed by atoms with Gasteiger partial charge in [-0.1, -0.05) is 18.5 Å². The molecule has 2 saturated heterocycles. The number of aromatic nitrogens is 6. The highest BCUT2D eigenvalue weighted by atomic mass is 35.5. The molecule has 0 spiro atoms. The van der Waals surface area contributed by atoms with E-state index in [0.717, 1.165) is 37.5 Å². The summed E-state index contributed by atoms with van der Waals surface area (Å²) < 4.78 is 49.6. The summed E-state index contributed by atoms with van der Waals surface area (Å²) in [6, 6.07) is 2.91. The monoisotopic (exact) mass is 704 g/mol. The highest BCUT2D eigenvalue weighted by molar-refractivity contribution is 6.33. The third-order valence-corrected chi connectivity index (χ3v) is 9.78. The van der Waals surface area contributed by atoms with E-state index in [-0.39, 0.29) is 40.2 Å². The number of carbonyl (C=O) groups is 1. The molecule has 1 aliphatic carbocycles. The lowest BCUT2D eigenvalue weighted by Gasteiger charge is -2.37. The van der Waals surface area contributed by atoms with E-state index < -0.39 is 17.6 Å². The molecule has 0 unspecified atom stereocenters. The van der Waals surface area contributed by atoms with Gasteiger partial charge in [0.2, 0.25) is 17.6 Å². The molecule has 7 rings (SSSR count). The maximum Gasteiger partial charge on any atom is 0.416 e. The van der Waals surface area contributed by atoms with E-state index in [2.05, 4.69) is 20.5 Å². The Balaban J connectivity index is 1.21. The minimum atomic E-state index is -4.59. The van der Waals surface area contributed by atoms with E-state index in [4.69, 9.17) is 16.3 Å². The molecule has 2 aliphatic heterocycles. The molecule has 4 aromatic rings. The van der Waals surface area contributed by atoms with Gasteiger partial charge < -0.3 is 34.4 Å². The lowest BCUT2D eigenvalue weighted by Crippen LogP contribution is -2.50. The molecule has 49 heavy (non-hydrogen) atoms. The van der Waals surface area contributed by atoms with Gasteiger partial charge in [-0.15, -0.1) is 5.10 Å². The summed E-state index contributed by atoms with van der Waals surface area (Å²) in [5.41, 5.74) is 0.166. The number of alkyl halides is 3. The fraction of sp³-hybridized carbons (Fsp3) is 0.516. The number of hydrogen-bond donors (Lipinski definition) is 2. The van der Waals surface area contributed by atoms with Crippen molar-refractivity contribution >= 4 is 46.3 Å². The zero-order chi connectivity index (χ0) is 34.4. The predicted molar refractivity (Wildman–Crippen MR) is 177 cm³/mol. The van der Waals surface area contributed by atoms with Crippen molar-refractivity contribution in [1.29, 1.82) is 0 Å². The highest BCUT2D eigenvalue weighted by Gasteiger charge is 2.32. The van der Waals surface area contributed by atoms with Crippen molar-refractivity contribution in [3.05, 3.63) is 61.4 Å². The van der Waals surface area contributed by atoms with Gasteiger partial charge in [-0.05, 0) is 43.9 Å². The van der Waals surface area contributed by atoms with Crippen LogP contribution in [0.25, 0.3) is 5.78 Å². The molecule has 3 fully saturated rings. The van der Waals surface area contributed by atoms with Crippen LogP contribution in [0.1, 0.15) is 43.5 Å². The number of amides is 1. The van der Waals surface area contributed by atoms with Crippen LogP contribution in [0.2, 0.25) is 5.02 Å². The number of ether oxygens (including phenoxy) is 1. The number of aromatic amines is 1. The van der Waals surface area contributed by atoms with Crippen molar-refractivity contribution in [2.75, 3.05) is 72.5 Å². The normalized spacial score (nSPS) is 17.5. The van der Waals surface area contributed by atoms with Crippen LogP contribution in [0.5, 0.6) is 0 Å². The van der Waals surface area contributed by atoms with E-state index in [1.54, 1.807) is 15.4 Å². The molecule has 2 N–H and O–H groups in total. The highest BCUT2D eigenvalue weighted by Crippen LogP contribution is 2.34. The van der Waals surface area contributed by atoms with Gasteiger partial charge in [0.1, 0.15) is 17.9 Å². The van der Waals surface area contributed by atoms with Gasteiger partial charge in [0.05, 0.1) is 41.2 Å². The Morgan fingerprint density at radius 2 is 1.76 bits per heavy atom. The first kappa shape index (κ1) is 33.0. The molecule has 5 heterocycles. The number of carbonyl (C=O) groups excluding carboxylic acids is 1. The average molecular weight is 705 g/mol. The van der Waals surface area contributed by atoms with Crippen LogP contribution >= 0.6 is 11.6 Å². The second kappa shape index (κ2) is 13.1. The molecule has 18 heteroatoms. The number of H-pyrrole nitrogens is 1. The number of nitrogens with zero attached hydrogens (tertiary/aromatic N) is 8. The van der Waals surface area contributed by atoms with Gasteiger partial charge in [-0.25, -0.2) is 4.68 Å². The molecule has 262 valence electrons. The summed E-state index contributed by atoms with van der Waals surface area (Å²) in [6.07, 6.45) is 0.584. The minimum absolute atomic E-state index is 0.0164. The molecule has 0 bridgehead atoms. The largest absolute Gasteiger partial charge is 0.416 e. The number of hydrogen-bond acceptors (Lipinski definition) is 9. The van der Waals surface area contributed by atoms with Crippen LogP contribution in [0.3, 0.4) is 0 Å². The molecule has 1 aromatic carbocycles. The quantitative estimate of drug-likeness (QED) is 0.283. The van der Waals surface area contributed by atoms with Crippen LogP contribution in [-0.4, -0.2) is 87.3 Å². The molecular weight excluding hydrogens is 669 g/mol. The lowest BCUT2D eigenvalue weighted by atomic mass is 9.93. The molecule has 0 atom stereocenters. The maximum absolute atomic E-state index is 14.2. The first-order chi connectivity index (χ1) is 23.5. The summed E-state index contributed by atoms with van der Waals surface area (Å²) in [5.74, 6) is -0.105. The van der Waals surface area contributed by atoms with Crippen molar-refractivity contribution < 1.29 is 22.7 Å². The van der Waals surface area contributed by atoms with E-state index in [1.807, 2.05) is 21.6 Å². The van der Waals surface area contributed by atoms with E-state index in [9.17, 15) is 27.6 Å². The Morgan fingerprint density at radius 1 is 1.04 bits per heavy atom. The fourth-order valence-electron chi connectivity index (χ4n) is 6.63. The van der Waals surface area contributed by atoms with Crippen LogP contribution < -0.4 is 31.1 Å². The number of benzene rings is 1. The molecule has 14 nitrogen and oxygen atoms in total. The number of anilines is 4. The second-order valence-electron chi connectivity index (χ2n) is 12.4. The van der Waals surface area contributed by atoms with Gasteiger partial charge in [-0.2, -0.15) is 22.7 Å². The Kier molecular flexibility index (Phi) is 8.81. The molecule has 3 aliphatic rings. The number of morpholine rings is 1. The summed E-state index contributed by atoms with van der Waals surface area (Å²) in [7, 11) is 0. The molecule has 3 aromatic heterocycles. The smallest absolute Gasteiger partial charge is 0.378 e. The van der Waals surface area contributed by atoms with E-state index in [0.29, 0.717) is 81.9 Å². The minimum Gasteiger partial charge on any atom is -0.378 e. The van der Waals surface area contributed by atoms with Crippen LogP contribution in [-0.2, 0) is 28.7 Å². The predicted octanol–water partition coefficient (Wildman–Crippen LogP) is 3.14. The zero-order valence-electron chi connectivity index (χ0n) is 26.8. The Hall–Kier alpha value is -4.51. The number of rotatable bonds is 8. The van der Waals surface area contributed by atoms with Gasteiger partial charge in [0.15, 0.2) is 0 Å². The SMILES string of the molecule is CCc1c(N2CCN(c3c[nH]n(C4CCC4)c3=O)CC2)c(=O)n2nc(N3CCOCC3)nc2n1CC(=O)Nc1ccc(C(F)(F)F)cc1Cl. The van der Waals surface area contributed by atoms with Crippen LogP contribution in [0, 0.1) is 0 Å². The van der Waals surface area contributed by atoms with E-state index in [1.165, 1.54) is 4.52 Å². The van der Waals surface area contributed by atoms with Gasteiger partial charge >= 0.3 is 6.18 Å². The first-order valence-corrected chi connectivity index (χ1v) is 16.7. The number of nitrogens with one attached hydrogen (secondary N) is 2. The van der Waals surface area contributed by atoms with Crippen molar-refractivity contribution in [2.24, 2.45) is 0 Å². The van der Waals surface area contributed by atoms with Gasteiger partial charge in [0.25, 0.3) is 11.1 Å². The molecular formula is C31H36ClF3N10O4. The Bertz CT molecular complexity index is 1990. The third kappa shape index (κ3) is 6.24. The summed E-state index contributed by atoms with van der Waals surface area (Å²) >= 11 is 6.13. The van der Waals surface area contributed by atoms with E-state index >= 15 is 0 Å². The molecule has 1 amide bonds. The number of piperazine rings is 1. The summed E-state index contributed by atoms with van der Waals surface area (Å²) in [6.45, 7) is 5.38. The standard InChI is InChI=1S/C31H36ClF3N10O4/c1-2-23-26(41-10-8-40(9-11-41)24-17-36-44(27(24)47)20-4-3-5-20)28(48)45-30(38-29(39-45)42-12-14-49-15-13-42)43(23)18-25(46)37-22-7-6-19(16-21(22)32)31(33,34)35/h6-7,16-17,20,36H,2-5,8-15,18H2,1H3,(H,37,46). The van der Waals surface area contributed by atoms with Crippen molar-refractivity contribution in [3.8, 4) is 0 Å². The molecule has 0 radical (unpaired) electrons. The number of halogens is 4. The first-order valence-electron chi connectivity index (χ1n) is 16.3. The summed E-state index contributed by atoms with van der Waals surface area (Å²) in [4.78, 5) is 51.4. The van der Waals surface area contributed by atoms with Crippen molar-refractivity contribution in [1.82, 2.24) is 28.9 Å².